The van der Waals surface area contributed by atoms with E-state index in [0.29, 0.717) is 37.6 Å². The minimum atomic E-state index is -0.0532. The lowest BCUT2D eigenvalue weighted by molar-refractivity contribution is -0.134. The zero-order valence-corrected chi connectivity index (χ0v) is 13.7. The van der Waals surface area contributed by atoms with Gasteiger partial charge in [-0.3, -0.25) is 9.59 Å². The van der Waals surface area contributed by atoms with Crippen molar-refractivity contribution in [1.29, 1.82) is 0 Å². The van der Waals surface area contributed by atoms with E-state index in [1.807, 2.05) is 31.2 Å². The Morgan fingerprint density at radius 3 is 2.33 bits per heavy atom. The van der Waals surface area contributed by atoms with E-state index in [9.17, 15) is 9.59 Å². The molecule has 1 aliphatic heterocycles. The van der Waals surface area contributed by atoms with Crippen molar-refractivity contribution in [3.63, 3.8) is 0 Å². The average molecular weight is 327 g/mol. The van der Waals surface area contributed by atoms with Gasteiger partial charge in [-0.05, 0) is 31.2 Å². The molecule has 1 saturated heterocycles. The lowest BCUT2D eigenvalue weighted by Crippen LogP contribution is -2.51. The van der Waals surface area contributed by atoms with Gasteiger partial charge in [0, 0.05) is 32.4 Å². The first kappa shape index (κ1) is 16.1. The van der Waals surface area contributed by atoms with Crippen molar-refractivity contribution in [1.82, 2.24) is 14.8 Å². The number of benzene rings is 1. The Kier molecular flexibility index (Phi) is 4.84. The number of aromatic amines is 1. The Hall–Kier alpha value is -2.76. The topological polar surface area (TPSA) is 65.6 Å². The SMILES string of the molecule is Cc1ccc(OCC(=O)N2CCN(C(=O)c3ccc[nH]3)CC2)cc1. The summed E-state index contributed by atoms with van der Waals surface area (Å²) >= 11 is 0. The number of piperazine rings is 1. The number of rotatable bonds is 4. The summed E-state index contributed by atoms with van der Waals surface area (Å²) in [5, 5.41) is 0. The van der Waals surface area contributed by atoms with Crippen LogP contribution < -0.4 is 4.74 Å². The smallest absolute Gasteiger partial charge is 0.270 e. The number of nitrogens with zero attached hydrogens (tertiary/aromatic N) is 2. The maximum atomic E-state index is 12.2. The molecule has 1 aliphatic rings. The molecule has 1 N–H and O–H groups in total. The molecule has 0 unspecified atom stereocenters. The monoisotopic (exact) mass is 327 g/mol. The van der Waals surface area contributed by atoms with Gasteiger partial charge in [-0.25, -0.2) is 0 Å². The quantitative estimate of drug-likeness (QED) is 0.929. The molecule has 0 spiro atoms. The van der Waals surface area contributed by atoms with Crippen molar-refractivity contribution in [2.24, 2.45) is 0 Å². The summed E-state index contributed by atoms with van der Waals surface area (Å²) in [6.45, 7) is 4.16. The van der Waals surface area contributed by atoms with Gasteiger partial charge in [0.05, 0.1) is 0 Å². The Balaban J connectivity index is 1.46. The lowest BCUT2D eigenvalue weighted by Gasteiger charge is -2.34. The third kappa shape index (κ3) is 3.76. The number of hydrogen-bond donors (Lipinski definition) is 1. The molecule has 126 valence electrons. The minimum Gasteiger partial charge on any atom is -0.484 e. The highest BCUT2D eigenvalue weighted by molar-refractivity contribution is 5.92. The number of ether oxygens (including phenoxy) is 1. The van der Waals surface area contributed by atoms with E-state index >= 15 is 0 Å². The average Bonchev–Trinajstić information content (AvgIpc) is 3.15. The number of H-pyrrole nitrogens is 1. The molecule has 1 aromatic carbocycles. The zero-order valence-electron chi connectivity index (χ0n) is 13.7. The summed E-state index contributed by atoms with van der Waals surface area (Å²) in [6, 6.07) is 11.2. The molecule has 2 aromatic rings. The van der Waals surface area contributed by atoms with Gasteiger partial charge in [-0.2, -0.15) is 0 Å². The highest BCUT2D eigenvalue weighted by Crippen LogP contribution is 2.12. The van der Waals surface area contributed by atoms with Crippen LogP contribution in [-0.2, 0) is 4.79 Å². The molecule has 1 fully saturated rings. The predicted octanol–water partition coefficient (Wildman–Crippen LogP) is 1.69. The van der Waals surface area contributed by atoms with Crippen LogP contribution in [0.3, 0.4) is 0 Å². The van der Waals surface area contributed by atoms with E-state index < -0.39 is 0 Å². The van der Waals surface area contributed by atoms with E-state index in [-0.39, 0.29) is 18.4 Å². The summed E-state index contributed by atoms with van der Waals surface area (Å²) < 4.78 is 5.53. The summed E-state index contributed by atoms with van der Waals surface area (Å²) in [4.78, 5) is 30.9. The van der Waals surface area contributed by atoms with Crippen molar-refractivity contribution in [2.45, 2.75) is 6.92 Å². The molecular formula is C18H21N3O3. The summed E-state index contributed by atoms with van der Waals surface area (Å²) in [6.07, 6.45) is 1.73. The van der Waals surface area contributed by atoms with Gasteiger partial charge in [0.1, 0.15) is 11.4 Å². The third-order valence-electron chi connectivity index (χ3n) is 4.13. The van der Waals surface area contributed by atoms with Crippen molar-refractivity contribution in [3.8, 4) is 5.75 Å². The first-order valence-electron chi connectivity index (χ1n) is 8.03. The highest BCUT2D eigenvalue weighted by atomic mass is 16.5. The van der Waals surface area contributed by atoms with Crippen molar-refractivity contribution < 1.29 is 14.3 Å². The molecule has 6 heteroatoms. The van der Waals surface area contributed by atoms with Crippen molar-refractivity contribution >= 4 is 11.8 Å². The van der Waals surface area contributed by atoms with E-state index in [2.05, 4.69) is 4.98 Å². The molecular weight excluding hydrogens is 306 g/mol. The van der Waals surface area contributed by atoms with Crippen LogP contribution in [0.2, 0.25) is 0 Å². The van der Waals surface area contributed by atoms with Crippen LogP contribution in [0.1, 0.15) is 16.1 Å². The number of amides is 2. The Morgan fingerprint density at radius 1 is 1.04 bits per heavy atom. The van der Waals surface area contributed by atoms with E-state index in [1.165, 1.54) is 0 Å². The van der Waals surface area contributed by atoms with Crippen LogP contribution in [-0.4, -0.2) is 59.4 Å². The van der Waals surface area contributed by atoms with Crippen molar-refractivity contribution in [3.05, 3.63) is 53.9 Å². The number of carbonyl (C=O) groups is 2. The fourth-order valence-corrected chi connectivity index (χ4v) is 2.66. The first-order chi connectivity index (χ1) is 11.6. The largest absolute Gasteiger partial charge is 0.484 e. The second-order valence-electron chi connectivity index (χ2n) is 5.86. The van der Waals surface area contributed by atoms with Crippen LogP contribution in [0.4, 0.5) is 0 Å². The van der Waals surface area contributed by atoms with E-state index in [0.717, 1.165) is 5.56 Å². The number of carbonyl (C=O) groups excluding carboxylic acids is 2. The van der Waals surface area contributed by atoms with Crippen LogP contribution in [0.25, 0.3) is 0 Å². The number of nitrogens with one attached hydrogen (secondary N) is 1. The van der Waals surface area contributed by atoms with Crippen LogP contribution >= 0.6 is 0 Å². The summed E-state index contributed by atoms with van der Waals surface area (Å²) in [7, 11) is 0. The van der Waals surface area contributed by atoms with Crippen LogP contribution in [0, 0.1) is 6.92 Å². The molecule has 0 radical (unpaired) electrons. The van der Waals surface area contributed by atoms with Gasteiger partial charge >= 0.3 is 0 Å². The molecule has 2 heterocycles. The Morgan fingerprint density at radius 2 is 1.71 bits per heavy atom. The summed E-state index contributed by atoms with van der Waals surface area (Å²) in [5.41, 5.74) is 1.73. The third-order valence-corrected chi connectivity index (χ3v) is 4.13. The first-order valence-corrected chi connectivity index (χ1v) is 8.03. The number of hydrogen-bond acceptors (Lipinski definition) is 3. The molecule has 2 amide bonds. The van der Waals surface area contributed by atoms with Crippen LogP contribution in [0.5, 0.6) is 5.75 Å². The van der Waals surface area contributed by atoms with Gasteiger partial charge in [0.15, 0.2) is 6.61 Å². The second kappa shape index (κ2) is 7.21. The molecule has 1 aromatic heterocycles. The summed E-state index contributed by atoms with van der Waals surface area (Å²) in [5.74, 6) is 0.611. The number of aromatic nitrogens is 1. The fraction of sp³-hybridized carbons (Fsp3) is 0.333. The molecule has 0 aliphatic carbocycles. The van der Waals surface area contributed by atoms with Gasteiger partial charge in [0.25, 0.3) is 11.8 Å². The fourth-order valence-electron chi connectivity index (χ4n) is 2.66. The van der Waals surface area contributed by atoms with Gasteiger partial charge in [-0.15, -0.1) is 0 Å². The van der Waals surface area contributed by atoms with Gasteiger partial charge in [0.2, 0.25) is 0 Å². The maximum absolute atomic E-state index is 12.2. The van der Waals surface area contributed by atoms with Crippen molar-refractivity contribution in [2.75, 3.05) is 32.8 Å². The molecule has 0 saturated carbocycles. The molecule has 6 nitrogen and oxygen atoms in total. The molecule has 3 rings (SSSR count). The molecule has 0 atom stereocenters. The lowest BCUT2D eigenvalue weighted by atomic mass is 10.2. The minimum absolute atomic E-state index is 0.0215. The predicted molar refractivity (Wildman–Crippen MR) is 90.0 cm³/mol. The Labute approximate surface area is 141 Å². The van der Waals surface area contributed by atoms with E-state index in [1.54, 1.807) is 28.1 Å². The van der Waals surface area contributed by atoms with Gasteiger partial charge < -0.3 is 19.5 Å². The standard InChI is InChI=1S/C18H21N3O3/c1-14-4-6-15(7-5-14)24-13-17(22)20-9-11-21(12-10-20)18(23)16-3-2-8-19-16/h2-8,19H,9-13H2,1H3. The normalized spacial score (nSPS) is 14.5. The maximum Gasteiger partial charge on any atom is 0.270 e. The van der Waals surface area contributed by atoms with E-state index in [4.69, 9.17) is 4.74 Å². The second-order valence-corrected chi connectivity index (χ2v) is 5.86. The zero-order chi connectivity index (χ0) is 16.9. The molecule has 24 heavy (non-hydrogen) atoms. The van der Waals surface area contributed by atoms with Gasteiger partial charge in [-0.1, -0.05) is 17.7 Å². The highest BCUT2D eigenvalue weighted by Gasteiger charge is 2.25. The Bertz CT molecular complexity index is 687. The molecule has 0 bridgehead atoms. The van der Waals surface area contributed by atoms with Crippen LogP contribution in [0.15, 0.2) is 42.6 Å². The number of aryl methyl sites for hydroxylation is 1.